The number of hydrogen-bond donors (Lipinski definition) is 1. The van der Waals surface area contributed by atoms with Gasteiger partial charge in [-0.1, -0.05) is 29.8 Å². The Hall–Kier alpha value is -3.63. The topological polar surface area (TPSA) is 110 Å². The first kappa shape index (κ1) is 22.6. The number of nitrogens with zero attached hydrogens (tertiary/aromatic N) is 4. The van der Waals surface area contributed by atoms with Crippen LogP contribution in [0.5, 0.6) is 0 Å². The Labute approximate surface area is 195 Å². The van der Waals surface area contributed by atoms with Crippen LogP contribution < -0.4 is 9.62 Å². The Morgan fingerprint density at radius 3 is 2.58 bits per heavy atom. The van der Waals surface area contributed by atoms with Gasteiger partial charge in [0.25, 0.3) is 15.7 Å². The summed E-state index contributed by atoms with van der Waals surface area (Å²) in [7, 11) is -3.99. The minimum Gasteiger partial charge on any atom is -0.374 e. The van der Waals surface area contributed by atoms with Gasteiger partial charge in [0.2, 0.25) is 0 Å². The quantitative estimate of drug-likeness (QED) is 0.285. The van der Waals surface area contributed by atoms with Crippen LogP contribution in [0.4, 0.5) is 17.1 Å². The number of hydrogen-bond acceptors (Lipinski definition) is 6. The van der Waals surface area contributed by atoms with E-state index < -0.39 is 14.9 Å². The molecule has 2 aromatic heterocycles. The lowest BCUT2D eigenvalue weighted by Gasteiger charge is -2.23. The van der Waals surface area contributed by atoms with Gasteiger partial charge in [0.05, 0.1) is 32.8 Å². The van der Waals surface area contributed by atoms with Crippen LogP contribution in [0.25, 0.3) is 5.65 Å². The third kappa shape index (κ3) is 4.62. The SMILES string of the molecule is CCN(c1ccccc1)S(=O)(=O)c1ccc(NCc2cn3cc(Cl)ccc3n2)c([N+](=O)[O-])c1. The third-order valence-electron chi connectivity index (χ3n) is 5.01. The van der Waals surface area contributed by atoms with E-state index in [0.29, 0.717) is 22.1 Å². The average molecular weight is 486 g/mol. The van der Waals surface area contributed by atoms with Gasteiger partial charge < -0.3 is 9.72 Å². The van der Waals surface area contributed by atoms with Crippen LogP contribution in [0.2, 0.25) is 5.02 Å². The maximum atomic E-state index is 13.2. The smallest absolute Gasteiger partial charge is 0.293 e. The van der Waals surface area contributed by atoms with Crippen LogP contribution in [-0.4, -0.2) is 29.3 Å². The maximum Gasteiger partial charge on any atom is 0.293 e. The van der Waals surface area contributed by atoms with Crippen molar-refractivity contribution in [3.05, 3.63) is 93.9 Å². The van der Waals surface area contributed by atoms with E-state index in [4.69, 9.17) is 11.6 Å². The van der Waals surface area contributed by atoms with Crippen molar-refractivity contribution in [3.8, 4) is 0 Å². The van der Waals surface area contributed by atoms with E-state index in [0.717, 1.165) is 6.07 Å². The van der Waals surface area contributed by atoms with Gasteiger partial charge in [0.1, 0.15) is 11.3 Å². The number of rotatable bonds is 8. The van der Waals surface area contributed by atoms with E-state index in [2.05, 4.69) is 10.3 Å². The summed E-state index contributed by atoms with van der Waals surface area (Å²) in [5.41, 5.74) is 1.66. The predicted molar refractivity (Wildman–Crippen MR) is 127 cm³/mol. The number of nitro benzene ring substituents is 1. The number of halogens is 1. The fourth-order valence-electron chi connectivity index (χ4n) is 3.47. The highest BCUT2D eigenvalue weighted by Gasteiger charge is 2.27. The summed E-state index contributed by atoms with van der Waals surface area (Å²) in [6.07, 6.45) is 3.47. The van der Waals surface area contributed by atoms with Crippen molar-refractivity contribution in [1.82, 2.24) is 9.38 Å². The van der Waals surface area contributed by atoms with E-state index in [1.807, 2.05) is 0 Å². The largest absolute Gasteiger partial charge is 0.374 e. The zero-order valence-corrected chi connectivity index (χ0v) is 19.1. The van der Waals surface area contributed by atoms with Gasteiger partial charge in [-0.3, -0.25) is 14.4 Å². The fraction of sp³-hybridized carbons (Fsp3) is 0.136. The molecule has 2 aromatic carbocycles. The molecule has 0 aliphatic rings. The highest BCUT2D eigenvalue weighted by molar-refractivity contribution is 7.92. The molecular weight excluding hydrogens is 466 g/mol. The van der Waals surface area contributed by atoms with Crippen molar-refractivity contribution in [3.63, 3.8) is 0 Å². The van der Waals surface area contributed by atoms with Crippen LogP contribution in [0.3, 0.4) is 0 Å². The molecule has 0 saturated carbocycles. The molecular formula is C22H20ClN5O4S. The molecule has 4 aromatic rings. The van der Waals surface area contributed by atoms with E-state index >= 15 is 0 Å². The molecule has 2 heterocycles. The Morgan fingerprint density at radius 2 is 1.88 bits per heavy atom. The monoisotopic (exact) mass is 485 g/mol. The molecule has 0 atom stereocenters. The zero-order chi connectivity index (χ0) is 23.6. The lowest BCUT2D eigenvalue weighted by atomic mass is 10.2. The van der Waals surface area contributed by atoms with E-state index in [1.54, 1.807) is 66.2 Å². The average Bonchev–Trinajstić information content (AvgIpc) is 3.20. The van der Waals surface area contributed by atoms with Crippen molar-refractivity contribution in [1.29, 1.82) is 0 Å². The van der Waals surface area contributed by atoms with Crippen LogP contribution in [0.1, 0.15) is 12.6 Å². The first-order valence-electron chi connectivity index (χ1n) is 10.0. The molecule has 33 heavy (non-hydrogen) atoms. The number of imidazole rings is 1. The normalized spacial score (nSPS) is 11.5. The summed E-state index contributed by atoms with van der Waals surface area (Å²) in [4.78, 5) is 15.4. The van der Waals surface area contributed by atoms with Gasteiger partial charge in [-0.2, -0.15) is 0 Å². The zero-order valence-electron chi connectivity index (χ0n) is 17.6. The molecule has 170 valence electrons. The molecule has 0 amide bonds. The maximum absolute atomic E-state index is 13.2. The summed E-state index contributed by atoms with van der Waals surface area (Å²) in [6, 6.07) is 15.9. The minimum atomic E-state index is -3.99. The molecule has 0 fully saturated rings. The second-order valence-corrected chi connectivity index (χ2v) is 9.44. The molecule has 11 heteroatoms. The van der Waals surface area contributed by atoms with Gasteiger partial charge in [-0.25, -0.2) is 13.4 Å². The standard InChI is InChI=1S/C22H20ClN5O4S/c1-2-27(18-6-4-3-5-7-18)33(31,32)19-9-10-20(21(12-19)28(29)30)24-13-17-15-26-14-16(23)8-11-22(26)25-17/h3-12,14-15,24H,2,13H2,1H3. The molecule has 0 spiro atoms. The van der Waals surface area contributed by atoms with Crippen molar-refractivity contribution in [2.24, 2.45) is 0 Å². The number of anilines is 2. The Morgan fingerprint density at radius 1 is 1.12 bits per heavy atom. The summed E-state index contributed by atoms with van der Waals surface area (Å²) >= 11 is 5.99. The Balaban J connectivity index is 1.62. The van der Waals surface area contributed by atoms with Gasteiger partial charge in [0, 0.05) is 25.0 Å². The third-order valence-corrected chi connectivity index (χ3v) is 7.13. The van der Waals surface area contributed by atoms with Gasteiger partial charge >= 0.3 is 0 Å². The lowest BCUT2D eigenvalue weighted by Crippen LogP contribution is -2.30. The van der Waals surface area contributed by atoms with Crippen LogP contribution in [-0.2, 0) is 16.6 Å². The van der Waals surface area contributed by atoms with Gasteiger partial charge in [0.15, 0.2) is 0 Å². The number of fused-ring (bicyclic) bond motifs is 1. The van der Waals surface area contributed by atoms with Crippen molar-refractivity contribution < 1.29 is 13.3 Å². The highest BCUT2D eigenvalue weighted by atomic mass is 35.5. The number of sulfonamides is 1. The first-order valence-corrected chi connectivity index (χ1v) is 11.8. The van der Waals surface area contributed by atoms with Crippen molar-refractivity contribution in [2.75, 3.05) is 16.2 Å². The predicted octanol–water partition coefficient (Wildman–Crippen LogP) is 4.72. The molecule has 0 saturated heterocycles. The number of pyridine rings is 1. The fourth-order valence-corrected chi connectivity index (χ4v) is 5.14. The second kappa shape index (κ2) is 9.08. The molecule has 9 nitrogen and oxygen atoms in total. The van der Waals surface area contributed by atoms with E-state index in [1.165, 1.54) is 16.4 Å². The Bertz CT molecular complexity index is 1420. The first-order chi connectivity index (χ1) is 15.8. The summed E-state index contributed by atoms with van der Waals surface area (Å²) in [5.74, 6) is 0. The van der Waals surface area contributed by atoms with Crippen LogP contribution in [0.15, 0.2) is 78.0 Å². The highest BCUT2D eigenvalue weighted by Crippen LogP contribution is 2.31. The summed E-state index contributed by atoms with van der Waals surface area (Å²) in [6.45, 7) is 2.09. The molecule has 0 aliphatic carbocycles. The molecule has 0 bridgehead atoms. The Kier molecular flexibility index (Phi) is 6.21. The van der Waals surface area contributed by atoms with Crippen molar-refractivity contribution in [2.45, 2.75) is 18.4 Å². The second-order valence-electron chi connectivity index (χ2n) is 7.14. The summed E-state index contributed by atoms with van der Waals surface area (Å²) < 4.78 is 29.4. The van der Waals surface area contributed by atoms with Crippen LogP contribution >= 0.6 is 11.6 Å². The molecule has 0 aliphatic heterocycles. The van der Waals surface area contributed by atoms with E-state index in [9.17, 15) is 18.5 Å². The van der Waals surface area contributed by atoms with Gasteiger partial charge in [-0.15, -0.1) is 0 Å². The van der Waals surface area contributed by atoms with Gasteiger partial charge in [-0.05, 0) is 43.3 Å². The number of nitro groups is 1. The molecule has 4 rings (SSSR count). The number of nitrogens with one attached hydrogen (secondary N) is 1. The van der Waals surface area contributed by atoms with Crippen molar-refractivity contribution >= 4 is 44.3 Å². The molecule has 0 unspecified atom stereocenters. The number of aromatic nitrogens is 2. The molecule has 1 N–H and O–H groups in total. The summed E-state index contributed by atoms with van der Waals surface area (Å²) in [5, 5.41) is 15.3. The molecule has 0 radical (unpaired) electrons. The number of para-hydroxylation sites is 1. The van der Waals surface area contributed by atoms with E-state index in [-0.39, 0.29) is 29.4 Å². The minimum absolute atomic E-state index is 0.159. The van der Waals surface area contributed by atoms with Crippen LogP contribution in [0, 0.1) is 10.1 Å². The number of benzene rings is 2. The lowest BCUT2D eigenvalue weighted by molar-refractivity contribution is -0.384.